The average Bonchev–Trinajstić information content (AvgIpc) is 3.07. The number of carbonyl (C=O) groups is 2. The molecular formula is C24H31N3O3S. The van der Waals surface area contributed by atoms with Crippen molar-refractivity contribution >= 4 is 28.8 Å². The highest BCUT2D eigenvalue weighted by molar-refractivity contribution is 8.16. The first-order chi connectivity index (χ1) is 14.5. The third kappa shape index (κ3) is 5.03. The molecule has 0 radical (unpaired) electrons. The van der Waals surface area contributed by atoms with Gasteiger partial charge in [-0.3, -0.25) is 4.79 Å². The van der Waals surface area contributed by atoms with Crippen molar-refractivity contribution in [1.82, 2.24) is 9.80 Å². The van der Waals surface area contributed by atoms with Crippen LogP contribution in [0.15, 0.2) is 51.6 Å². The molecule has 7 heteroatoms. The Balaban J connectivity index is 2.06. The number of benzene rings is 1. The highest BCUT2D eigenvalue weighted by Gasteiger charge is 2.42. The van der Waals surface area contributed by atoms with E-state index in [1.54, 1.807) is 11.9 Å². The summed E-state index contributed by atoms with van der Waals surface area (Å²) in [5.74, 6) is -0.352. The van der Waals surface area contributed by atoms with Crippen LogP contribution in [0.2, 0.25) is 0 Å². The average molecular weight is 442 g/mol. The second kappa shape index (κ2) is 8.91. The summed E-state index contributed by atoms with van der Waals surface area (Å²) in [5, 5.41) is 2.74. The second-order valence-corrected chi connectivity index (χ2v) is 9.73. The lowest BCUT2D eigenvalue weighted by Crippen LogP contribution is -2.39. The van der Waals surface area contributed by atoms with Gasteiger partial charge in [-0.1, -0.05) is 41.6 Å². The molecule has 1 atom stereocenters. The lowest BCUT2D eigenvalue weighted by atomic mass is 9.93. The van der Waals surface area contributed by atoms with Crippen LogP contribution >= 0.6 is 11.8 Å². The topological polar surface area (TPSA) is 62.2 Å². The van der Waals surface area contributed by atoms with Crippen molar-refractivity contribution in [3.8, 4) is 0 Å². The van der Waals surface area contributed by atoms with E-state index in [0.29, 0.717) is 17.8 Å². The molecule has 1 unspecified atom stereocenters. The summed E-state index contributed by atoms with van der Waals surface area (Å²) in [6.45, 7) is 12.0. The number of rotatable bonds is 5. The summed E-state index contributed by atoms with van der Waals surface area (Å²) >= 11 is 1.48. The Morgan fingerprint density at radius 3 is 2.42 bits per heavy atom. The molecular weight excluding hydrogens is 410 g/mol. The Hall–Kier alpha value is -2.54. The van der Waals surface area contributed by atoms with Crippen molar-refractivity contribution < 1.29 is 14.3 Å². The predicted molar refractivity (Wildman–Crippen MR) is 125 cm³/mol. The summed E-state index contributed by atoms with van der Waals surface area (Å²) < 4.78 is 5.75. The van der Waals surface area contributed by atoms with Crippen LogP contribution < -0.4 is 0 Å². The molecule has 6 nitrogen and oxygen atoms in total. The van der Waals surface area contributed by atoms with Crippen molar-refractivity contribution in [2.75, 3.05) is 13.6 Å². The van der Waals surface area contributed by atoms with Gasteiger partial charge in [0.2, 0.25) is 5.91 Å². The van der Waals surface area contributed by atoms with Gasteiger partial charge in [0.25, 0.3) is 0 Å². The number of amides is 1. The number of hydrogen-bond donors (Lipinski definition) is 0. The zero-order valence-electron chi connectivity index (χ0n) is 19.4. The van der Waals surface area contributed by atoms with Crippen LogP contribution in [-0.4, -0.2) is 46.0 Å². The minimum Gasteiger partial charge on any atom is -0.456 e. The SMILES string of the molecule is CCN(C)C(=O)CC1=CSC2=NC(C)=C(C(=O)OC(C)(C)C)C(c3ccc(C)cc3)N12. The van der Waals surface area contributed by atoms with Gasteiger partial charge in [0.15, 0.2) is 5.17 Å². The van der Waals surface area contributed by atoms with Crippen molar-refractivity contribution in [1.29, 1.82) is 0 Å². The first-order valence-corrected chi connectivity index (χ1v) is 11.4. The van der Waals surface area contributed by atoms with E-state index < -0.39 is 11.6 Å². The van der Waals surface area contributed by atoms with Crippen LogP contribution in [0.3, 0.4) is 0 Å². The maximum atomic E-state index is 13.3. The van der Waals surface area contributed by atoms with Gasteiger partial charge in [-0.2, -0.15) is 0 Å². The van der Waals surface area contributed by atoms with Gasteiger partial charge in [0.05, 0.1) is 23.7 Å². The predicted octanol–water partition coefficient (Wildman–Crippen LogP) is 4.78. The largest absolute Gasteiger partial charge is 0.456 e. The minimum absolute atomic E-state index is 0.0309. The maximum absolute atomic E-state index is 13.3. The molecule has 0 N–H and O–H groups in total. The van der Waals surface area contributed by atoms with Crippen molar-refractivity contribution in [3.63, 3.8) is 0 Å². The molecule has 0 bridgehead atoms. The molecule has 3 rings (SSSR count). The van der Waals surface area contributed by atoms with Gasteiger partial charge in [0.1, 0.15) is 5.60 Å². The highest BCUT2D eigenvalue weighted by atomic mass is 32.2. The van der Waals surface area contributed by atoms with Crippen LogP contribution in [-0.2, 0) is 14.3 Å². The number of amidine groups is 1. The van der Waals surface area contributed by atoms with E-state index in [1.807, 2.05) is 76.1 Å². The number of aliphatic imine (C=N–C) groups is 1. The van der Waals surface area contributed by atoms with Gasteiger partial charge in [-0.25, -0.2) is 9.79 Å². The lowest BCUT2D eigenvalue weighted by Gasteiger charge is -2.37. The van der Waals surface area contributed by atoms with E-state index in [1.165, 1.54) is 11.8 Å². The van der Waals surface area contributed by atoms with E-state index in [4.69, 9.17) is 9.73 Å². The van der Waals surface area contributed by atoms with Gasteiger partial charge >= 0.3 is 5.97 Å². The molecule has 2 aliphatic rings. The third-order valence-electron chi connectivity index (χ3n) is 5.24. The maximum Gasteiger partial charge on any atom is 0.338 e. The molecule has 2 heterocycles. The fraction of sp³-hybridized carbons (Fsp3) is 0.458. The first-order valence-electron chi connectivity index (χ1n) is 10.5. The molecule has 1 amide bonds. The number of carbonyl (C=O) groups excluding carboxylic acids is 2. The molecule has 0 aromatic heterocycles. The quantitative estimate of drug-likeness (QED) is 0.616. The molecule has 0 spiro atoms. The molecule has 2 aliphatic heterocycles. The van der Waals surface area contributed by atoms with E-state index in [0.717, 1.165) is 22.0 Å². The standard InChI is InChI=1S/C24H31N3O3S/c1-8-26(7)19(28)13-18-14-31-23-25-16(3)20(22(29)30-24(4,5)6)21(27(18)23)17-11-9-15(2)10-12-17/h9-12,14,21H,8,13H2,1-7H3. The monoisotopic (exact) mass is 441 g/mol. The van der Waals surface area contributed by atoms with Gasteiger partial charge in [0, 0.05) is 19.3 Å². The summed E-state index contributed by atoms with van der Waals surface area (Å²) in [7, 11) is 1.80. The lowest BCUT2D eigenvalue weighted by molar-refractivity contribution is -0.150. The van der Waals surface area contributed by atoms with Crippen molar-refractivity contribution in [3.05, 3.63) is 57.8 Å². The van der Waals surface area contributed by atoms with Gasteiger partial charge < -0.3 is 14.5 Å². The van der Waals surface area contributed by atoms with Crippen molar-refractivity contribution in [2.45, 2.75) is 59.6 Å². The van der Waals surface area contributed by atoms with E-state index in [9.17, 15) is 9.59 Å². The number of esters is 1. The number of fused-ring (bicyclic) bond motifs is 1. The molecule has 1 aromatic carbocycles. The number of aryl methyl sites for hydroxylation is 1. The van der Waals surface area contributed by atoms with Gasteiger partial charge in [-0.15, -0.1) is 0 Å². The summed E-state index contributed by atoms with van der Waals surface area (Å²) in [5.41, 5.74) is 3.47. The van der Waals surface area contributed by atoms with E-state index in [2.05, 4.69) is 0 Å². The summed E-state index contributed by atoms with van der Waals surface area (Å²) in [4.78, 5) is 34.3. The molecule has 0 fully saturated rings. The Bertz CT molecular complexity index is 971. The molecule has 1 aromatic rings. The number of hydrogen-bond acceptors (Lipinski definition) is 6. The fourth-order valence-electron chi connectivity index (χ4n) is 3.49. The normalized spacial score (nSPS) is 18.4. The Labute approximate surface area is 189 Å². The van der Waals surface area contributed by atoms with Crippen LogP contribution in [0.25, 0.3) is 0 Å². The third-order valence-corrected chi connectivity index (χ3v) is 6.13. The second-order valence-electron chi connectivity index (χ2n) is 8.89. The van der Waals surface area contributed by atoms with Gasteiger partial charge in [-0.05, 0) is 52.5 Å². The first kappa shape index (κ1) is 23.1. The Morgan fingerprint density at radius 1 is 1.19 bits per heavy atom. The van der Waals surface area contributed by atoms with Crippen LogP contribution in [0, 0.1) is 6.92 Å². The van der Waals surface area contributed by atoms with E-state index >= 15 is 0 Å². The molecule has 0 saturated carbocycles. The molecule has 0 aliphatic carbocycles. The Morgan fingerprint density at radius 2 is 1.84 bits per heavy atom. The number of nitrogens with zero attached hydrogens (tertiary/aromatic N) is 3. The summed E-state index contributed by atoms with van der Waals surface area (Å²) in [6, 6.07) is 7.73. The zero-order chi connectivity index (χ0) is 22.9. The van der Waals surface area contributed by atoms with Crippen LogP contribution in [0.5, 0.6) is 0 Å². The van der Waals surface area contributed by atoms with Crippen LogP contribution in [0.1, 0.15) is 58.2 Å². The fourth-order valence-corrected chi connectivity index (χ4v) is 4.46. The molecule has 31 heavy (non-hydrogen) atoms. The smallest absolute Gasteiger partial charge is 0.338 e. The Kier molecular flexibility index (Phi) is 6.65. The number of allylic oxidation sites excluding steroid dienone is 1. The minimum atomic E-state index is -0.621. The number of thioether (sulfide) groups is 1. The number of ether oxygens (including phenoxy) is 1. The van der Waals surface area contributed by atoms with E-state index in [-0.39, 0.29) is 18.3 Å². The highest BCUT2D eigenvalue weighted by Crippen LogP contribution is 2.45. The van der Waals surface area contributed by atoms with Crippen LogP contribution in [0.4, 0.5) is 0 Å². The van der Waals surface area contributed by atoms with Crippen molar-refractivity contribution in [2.24, 2.45) is 4.99 Å². The molecule has 166 valence electrons. The zero-order valence-corrected chi connectivity index (χ0v) is 20.2. The summed E-state index contributed by atoms with van der Waals surface area (Å²) in [6.07, 6.45) is 0.249. The molecule has 0 saturated heterocycles.